The van der Waals surface area contributed by atoms with Crippen LogP contribution in [0.2, 0.25) is 0 Å². The van der Waals surface area contributed by atoms with E-state index in [1.807, 2.05) is 6.07 Å². The second-order valence-electron chi connectivity index (χ2n) is 5.11. The maximum Gasteiger partial charge on any atom is 0.279 e. The number of furan rings is 1. The van der Waals surface area contributed by atoms with Crippen LogP contribution in [0.3, 0.4) is 0 Å². The lowest BCUT2D eigenvalue weighted by Crippen LogP contribution is -2.54. The van der Waals surface area contributed by atoms with E-state index in [1.165, 1.54) is 14.1 Å². The average Bonchev–Trinajstić information content (AvgIpc) is 2.83. The first-order valence-corrected chi connectivity index (χ1v) is 7.78. The van der Waals surface area contributed by atoms with Crippen molar-refractivity contribution in [3.05, 3.63) is 24.2 Å². The van der Waals surface area contributed by atoms with Crippen molar-refractivity contribution in [2.45, 2.75) is 6.42 Å². The van der Waals surface area contributed by atoms with Crippen LogP contribution in [0.1, 0.15) is 5.56 Å². The molecular formula is C12H19N3O4S. The van der Waals surface area contributed by atoms with Gasteiger partial charge in [0, 0.05) is 27.2 Å². The fourth-order valence-electron chi connectivity index (χ4n) is 2.04. The Balaban J connectivity index is 1.71. The zero-order valence-corrected chi connectivity index (χ0v) is 12.4. The summed E-state index contributed by atoms with van der Waals surface area (Å²) in [7, 11) is -0.714. The monoisotopic (exact) mass is 301 g/mol. The molecule has 1 aliphatic heterocycles. The van der Waals surface area contributed by atoms with Crippen LogP contribution in [0.5, 0.6) is 0 Å². The highest BCUT2D eigenvalue weighted by Crippen LogP contribution is 2.20. The zero-order chi connectivity index (χ0) is 14.8. The van der Waals surface area contributed by atoms with Gasteiger partial charge in [0.25, 0.3) is 10.2 Å². The Morgan fingerprint density at radius 3 is 2.75 bits per heavy atom. The molecule has 0 aliphatic carbocycles. The molecule has 2 rings (SSSR count). The van der Waals surface area contributed by atoms with Gasteiger partial charge < -0.3 is 9.32 Å². The van der Waals surface area contributed by atoms with Crippen molar-refractivity contribution in [2.75, 3.05) is 33.7 Å². The molecule has 0 bridgehead atoms. The lowest BCUT2D eigenvalue weighted by Gasteiger charge is -2.39. The van der Waals surface area contributed by atoms with Crippen LogP contribution < -0.4 is 4.72 Å². The highest BCUT2D eigenvalue weighted by Gasteiger charge is 2.31. The summed E-state index contributed by atoms with van der Waals surface area (Å²) in [4.78, 5) is 13.5. The summed E-state index contributed by atoms with van der Waals surface area (Å²) >= 11 is 0. The van der Waals surface area contributed by atoms with Crippen molar-refractivity contribution in [1.29, 1.82) is 0 Å². The summed E-state index contributed by atoms with van der Waals surface area (Å²) in [6.45, 7) is 1.13. The smallest absolute Gasteiger partial charge is 0.279 e. The van der Waals surface area contributed by atoms with Gasteiger partial charge in [0.1, 0.15) is 0 Å². The van der Waals surface area contributed by atoms with E-state index in [-0.39, 0.29) is 12.5 Å². The molecule has 1 fully saturated rings. The van der Waals surface area contributed by atoms with Crippen LogP contribution in [0.4, 0.5) is 0 Å². The Bertz CT molecular complexity index is 547. The minimum atomic E-state index is -3.54. The molecule has 1 amide bonds. The Morgan fingerprint density at radius 2 is 2.20 bits per heavy atom. The summed E-state index contributed by atoms with van der Waals surface area (Å²) in [5, 5.41) is 0. The third-order valence-corrected chi connectivity index (χ3v) is 4.77. The minimum Gasteiger partial charge on any atom is -0.472 e. The van der Waals surface area contributed by atoms with Gasteiger partial charge in [-0.1, -0.05) is 0 Å². The van der Waals surface area contributed by atoms with Crippen LogP contribution in [0.15, 0.2) is 23.0 Å². The lowest BCUT2D eigenvalue weighted by molar-refractivity contribution is -0.136. The Hall–Kier alpha value is -1.38. The normalized spacial score (nSPS) is 16.4. The number of likely N-dealkylation sites (tertiary alicyclic amines) is 1. The highest BCUT2D eigenvalue weighted by atomic mass is 32.2. The number of carbonyl (C=O) groups is 1. The molecular weight excluding hydrogens is 282 g/mol. The van der Waals surface area contributed by atoms with Crippen LogP contribution >= 0.6 is 0 Å². The van der Waals surface area contributed by atoms with E-state index in [9.17, 15) is 13.2 Å². The van der Waals surface area contributed by atoms with Gasteiger partial charge in [0.2, 0.25) is 5.91 Å². The highest BCUT2D eigenvalue weighted by molar-refractivity contribution is 7.87. The quantitative estimate of drug-likeness (QED) is 0.780. The molecule has 1 aliphatic rings. The first-order chi connectivity index (χ1) is 9.38. The van der Waals surface area contributed by atoms with E-state index in [1.54, 1.807) is 17.4 Å². The molecule has 0 spiro atoms. The predicted molar refractivity (Wildman–Crippen MR) is 73.1 cm³/mol. The van der Waals surface area contributed by atoms with Crippen LogP contribution in [0.25, 0.3) is 0 Å². The lowest BCUT2D eigenvalue weighted by atomic mass is 9.93. The maximum absolute atomic E-state index is 11.8. The van der Waals surface area contributed by atoms with Crippen molar-refractivity contribution in [2.24, 2.45) is 5.92 Å². The van der Waals surface area contributed by atoms with Gasteiger partial charge in [0.15, 0.2) is 0 Å². The third-order valence-electron chi connectivity index (χ3n) is 3.30. The number of rotatable bonds is 6. The number of amides is 1. The predicted octanol–water partition coefficient (Wildman–Crippen LogP) is -0.323. The number of hydrogen-bond acceptors (Lipinski definition) is 4. The molecule has 0 aromatic carbocycles. The van der Waals surface area contributed by atoms with Crippen molar-refractivity contribution in [1.82, 2.24) is 13.9 Å². The molecule has 20 heavy (non-hydrogen) atoms. The zero-order valence-electron chi connectivity index (χ0n) is 11.6. The van der Waals surface area contributed by atoms with E-state index in [0.29, 0.717) is 19.0 Å². The SMILES string of the molecule is CN(C)S(=O)(=O)NCC(=O)N1CC(Cc2ccoc2)C1. The van der Waals surface area contributed by atoms with Gasteiger partial charge in [-0.25, -0.2) is 0 Å². The molecule has 1 aromatic heterocycles. The van der Waals surface area contributed by atoms with Gasteiger partial charge in [-0.3, -0.25) is 4.79 Å². The van der Waals surface area contributed by atoms with Crippen molar-refractivity contribution in [3.63, 3.8) is 0 Å². The largest absolute Gasteiger partial charge is 0.472 e. The number of hydrogen-bond donors (Lipinski definition) is 1. The van der Waals surface area contributed by atoms with Gasteiger partial charge >= 0.3 is 0 Å². The molecule has 0 atom stereocenters. The molecule has 1 N–H and O–H groups in total. The fourth-order valence-corrected chi connectivity index (χ4v) is 2.60. The van der Waals surface area contributed by atoms with E-state index in [2.05, 4.69) is 4.72 Å². The standard InChI is InChI=1S/C12H19N3O4S/c1-14(2)20(17,18)13-6-12(16)15-7-11(8-15)5-10-3-4-19-9-10/h3-4,9,11,13H,5-8H2,1-2H3. The molecule has 112 valence electrons. The minimum absolute atomic E-state index is 0.195. The Morgan fingerprint density at radius 1 is 1.50 bits per heavy atom. The summed E-state index contributed by atoms with van der Waals surface area (Å²) in [5.41, 5.74) is 1.12. The van der Waals surface area contributed by atoms with Gasteiger partial charge in [0.05, 0.1) is 19.1 Å². The molecule has 0 radical (unpaired) electrons. The second-order valence-corrected chi connectivity index (χ2v) is 7.08. The molecule has 0 unspecified atom stereocenters. The summed E-state index contributed by atoms with van der Waals surface area (Å²) < 4.78 is 31.2. The Kier molecular flexibility index (Phi) is 4.46. The second kappa shape index (κ2) is 5.94. The third kappa shape index (κ3) is 3.59. The van der Waals surface area contributed by atoms with Crippen molar-refractivity contribution >= 4 is 16.1 Å². The fraction of sp³-hybridized carbons (Fsp3) is 0.583. The molecule has 1 aromatic rings. The van der Waals surface area contributed by atoms with E-state index >= 15 is 0 Å². The summed E-state index contributed by atoms with van der Waals surface area (Å²) in [6, 6.07) is 1.91. The van der Waals surface area contributed by atoms with Gasteiger partial charge in [-0.15, -0.1) is 0 Å². The molecule has 0 saturated carbocycles. The molecule has 2 heterocycles. The van der Waals surface area contributed by atoms with Crippen LogP contribution in [0, 0.1) is 5.92 Å². The summed E-state index contributed by atoms with van der Waals surface area (Å²) in [5.74, 6) is 0.223. The molecule has 1 saturated heterocycles. The first kappa shape index (κ1) is 15.0. The molecule has 8 heteroatoms. The van der Waals surface area contributed by atoms with E-state index in [4.69, 9.17) is 4.42 Å². The average molecular weight is 301 g/mol. The van der Waals surface area contributed by atoms with Gasteiger partial charge in [-0.2, -0.15) is 17.4 Å². The first-order valence-electron chi connectivity index (χ1n) is 6.34. The summed E-state index contributed by atoms with van der Waals surface area (Å²) in [6.07, 6.45) is 4.21. The topological polar surface area (TPSA) is 82.9 Å². The number of nitrogens with zero attached hydrogens (tertiary/aromatic N) is 2. The Labute approximate surface area is 118 Å². The van der Waals surface area contributed by atoms with Crippen molar-refractivity contribution in [3.8, 4) is 0 Å². The van der Waals surface area contributed by atoms with Crippen LogP contribution in [-0.4, -0.2) is 57.3 Å². The maximum atomic E-state index is 11.8. The van der Waals surface area contributed by atoms with Crippen LogP contribution in [-0.2, 0) is 21.4 Å². The number of carbonyl (C=O) groups excluding carboxylic acids is 1. The van der Waals surface area contributed by atoms with Crippen molar-refractivity contribution < 1.29 is 17.6 Å². The van der Waals surface area contributed by atoms with Gasteiger partial charge in [-0.05, 0) is 24.0 Å². The van der Waals surface area contributed by atoms with E-state index in [0.717, 1.165) is 16.3 Å². The van der Waals surface area contributed by atoms with E-state index < -0.39 is 10.2 Å². The number of nitrogens with one attached hydrogen (secondary N) is 1. The molecule has 7 nitrogen and oxygen atoms in total.